The minimum atomic E-state index is 1.08. The molecule has 0 aliphatic heterocycles. The van der Waals surface area contributed by atoms with Gasteiger partial charge in [0.05, 0.1) is 22.1 Å². The number of allylic oxidation sites excluding steroid dienone is 4. The van der Waals surface area contributed by atoms with E-state index >= 15 is 0 Å². The first kappa shape index (κ1) is 30.7. The van der Waals surface area contributed by atoms with E-state index < -0.39 is 0 Å². The third-order valence-electron chi connectivity index (χ3n) is 11.3. The minimum Gasteiger partial charge on any atom is -0.310 e. The van der Waals surface area contributed by atoms with Gasteiger partial charge in [-0.1, -0.05) is 140 Å². The van der Waals surface area contributed by atoms with E-state index in [2.05, 4.69) is 203 Å². The first-order valence-corrected chi connectivity index (χ1v) is 18.9. The zero-order valence-electron chi connectivity index (χ0n) is 29.8. The Hall–Kier alpha value is -6.90. The number of benzene rings is 8. The second-order valence-corrected chi connectivity index (χ2v) is 14.4. The molecule has 0 fully saturated rings. The number of fused-ring (bicyclic) bond motifs is 7. The van der Waals surface area contributed by atoms with Gasteiger partial charge in [-0.05, 0) is 112 Å². The van der Waals surface area contributed by atoms with Gasteiger partial charge in [-0.3, -0.25) is 0 Å². The lowest BCUT2D eigenvalue weighted by Gasteiger charge is -2.14. The Bertz CT molecular complexity index is 3130. The van der Waals surface area contributed by atoms with Crippen LogP contribution in [-0.2, 0) is 0 Å². The molecule has 0 saturated heterocycles. The molecule has 254 valence electrons. The lowest BCUT2D eigenvalue weighted by molar-refractivity contribution is 1.02. The number of aromatic nitrogens is 2. The largest absolute Gasteiger partial charge is 0.310 e. The summed E-state index contributed by atoms with van der Waals surface area (Å²) in [6.07, 6.45) is 9.11. The lowest BCUT2D eigenvalue weighted by atomic mass is 9.90. The first-order chi connectivity index (χ1) is 26.8. The Morgan fingerprint density at radius 1 is 0.370 bits per heavy atom. The molecule has 0 unspecified atom stereocenters. The maximum atomic E-state index is 2.43. The second kappa shape index (κ2) is 12.4. The molecule has 8 aromatic carbocycles. The fourth-order valence-electron chi connectivity index (χ4n) is 8.86. The van der Waals surface area contributed by atoms with Gasteiger partial charge in [0, 0.05) is 32.9 Å². The van der Waals surface area contributed by atoms with Crippen LogP contribution in [0, 0.1) is 0 Å². The number of para-hydroxylation sites is 3. The molecule has 1 aliphatic carbocycles. The minimum absolute atomic E-state index is 1.08. The maximum absolute atomic E-state index is 2.43. The molecule has 0 amide bonds. The molecule has 2 nitrogen and oxygen atoms in total. The van der Waals surface area contributed by atoms with Crippen molar-refractivity contribution in [2.75, 3.05) is 0 Å². The van der Waals surface area contributed by atoms with Crippen LogP contribution in [0.15, 0.2) is 194 Å². The molecule has 54 heavy (non-hydrogen) atoms. The zero-order valence-corrected chi connectivity index (χ0v) is 29.8. The molecule has 0 bridgehead atoms. The van der Waals surface area contributed by atoms with Crippen molar-refractivity contribution >= 4 is 60.1 Å². The van der Waals surface area contributed by atoms with Crippen LogP contribution in [0.5, 0.6) is 0 Å². The van der Waals surface area contributed by atoms with Crippen molar-refractivity contribution in [1.82, 2.24) is 9.13 Å². The van der Waals surface area contributed by atoms with Crippen LogP contribution < -0.4 is 0 Å². The summed E-state index contributed by atoms with van der Waals surface area (Å²) in [6.45, 7) is 0. The summed E-state index contributed by atoms with van der Waals surface area (Å²) in [5.74, 6) is 0. The van der Waals surface area contributed by atoms with E-state index in [1.807, 2.05) is 0 Å². The number of rotatable bonds is 5. The van der Waals surface area contributed by atoms with Crippen molar-refractivity contribution < 1.29 is 0 Å². The van der Waals surface area contributed by atoms with E-state index in [1.165, 1.54) is 99.1 Å². The van der Waals surface area contributed by atoms with Crippen LogP contribution >= 0.6 is 0 Å². The number of hydrogen-bond donors (Lipinski definition) is 0. The van der Waals surface area contributed by atoms with Gasteiger partial charge in [-0.25, -0.2) is 0 Å². The molecule has 0 atom stereocenters. The molecule has 11 rings (SSSR count). The third kappa shape index (κ3) is 4.81. The predicted octanol–water partition coefficient (Wildman–Crippen LogP) is 14.2. The normalized spacial score (nSPS) is 13.1. The molecule has 0 spiro atoms. The number of nitrogens with zero attached hydrogens (tertiary/aromatic N) is 2. The highest BCUT2D eigenvalue weighted by molar-refractivity contribution is 6.14. The lowest BCUT2D eigenvalue weighted by Crippen LogP contribution is -1.96. The standard InChI is InChI=1S/C52H36N2/c1-3-15-40(16-4-1)53-48-23-9-7-19-44(48)46-33-38(29-31-50(46)53)35-25-27-36(28-26-35)42-21-11-13-37-14-12-22-43(52(37)42)39-30-32-51-47(34-39)45-20-8-10-24-49(45)54(51)41-17-5-2-6-18-41/h1,3-5,7-34H,2,6H2. The van der Waals surface area contributed by atoms with E-state index in [-0.39, 0.29) is 0 Å². The van der Waals surface area contributed by atoms with Gasteiger partial charge >= 0.3 is 0 Å². The van der Waals surface area contributed by atoms with E-state index in [4.69, 9.17) is 0 Å². The Morgan fingerprint density at radius 3 is 1.63 bits per heavy atom. The predicted molar refractivity (Wildman–Crippen MR) is 230 cm³/mol. The van der Waals surface area contributed by atoms with Gasteiger partial charge in [0.25, 0.3) is 0 Å². The Labute approximate surface area is 314 Å². The fraction of sp³-hybridized carbons (Fsp3) is 0.0385. The van der Waals surface area contributed by atoms with Gasteiger partial charge in [-0.15, -0.1) is 0 Å². The molecule has 2 aromatic heterocycles. The summed E-state index contributed by atoms with van der Waals surface area (Å²) in [5.41, 5.74) is 14.8. The summed E-state index contributed by atoms with van der Waals surface area (Å²) in [7, 11) is 0. The van der Waals surface area contributed by atoms with E-state index in [9.17, 15) is 0 Å². The molecule has 2 heterocycles. The monoisotopic (exact) mass is 688 g/mol. The van der Waals surface area contributed by atoms with Crippen molar-refractivity contribution in [3.8, 4) is 39.1 Å². The molecule has 0 saturated carbocycles. The Kier molecular flexibility index (Phi) is 7.03. The van der Waals surface area contributed by atoms with Crippen LogP contribution in [-0.4, -0.2) is 9.13 Å². The summed E-state index contributed by atoms with van der Waals surface area (Å²) in [6, 6.07) is 64.7. The molecule has 2 heteroatoms. The van der Waals surface area contributed by atoms with Crippen LogP contribution in [0.3, 0.4) is 0 Å². The molecular formula is C52H36N2. The molecular weight excluding hydrogens is 653 g/mol. The topological polar surface area (TPSA) is 9.86 Å². The van der Waals surface area contributed by atoms with E-state index in [0.29, 0.717) is 0 Å². The zero-order chi connectivity index (χ0) is 35.6. The van der Waals surface area contributed by atoms with Crippen molar-refractivity contribution in [3.63, 3.8) is 0 Å². The van der Waals surface area contributed by atoms with Gasteiger partial charge in [0.1, 0.15) is 0 Å². The van der Waals surface area contributed by atoms with Gasteiger partial charge in [0.2, 0.25) is 0 Å². The van der Waals surface area contributed by atoms with Crippen LogP contribution in [0.1, 0.15) is 12.8 Å². The van der Waals surface area contributed by atoms with Gasteiger partial charge in [0.15, 0.2) is 0 Å². The fourth-order valence-corrected chi connectivity index (χ4v) is 8.86. The third-order valence-corrected chi connectivity index (χ3v) is 11.3. The quantitative estimate of drug-likeness (QED) is 0.170. The van der Waals surface area contributed by atoms with Crippen LogP contribution in [0.4, 0.5) is 0 Å². The maximum Gasteiger partial charge on any atom is 0.0541 e. The van der Waals surface area contributed by atoms with Crippen LogP contribution in [0.25, 0.3) is 99.1 Å². The molecule has 1 aliphatic rings. The van der Waals surface area contributed by atoms with Gasteiger partial charge in [-0.2, -0.15) is 0 Å². The highest BCUT2D eigenvalue weighted by Crippen LogP contribution is 2.41. The SMILES string of the molecule is C1=CC(n2c3ccccc3c3cc(-c4cccc5cccc(-c6ccc(-c7ccc8c(c7)c7ccccc7n8-c7ccccc7)cc6)c45)ccc32)=CCC1. The summed E-state index contributed by atoms with van der Waals surface area (Å²) >= 11 is 0. The Balaban J connectivity index is 1.01. The Morgan fingerprint density at radius 2 is 0.926 bits per heavy atom. The van der Waals surface area contributed by atoms with Crippen LogP contribution in [0.2, 0.25) is 0 Å². The van der Waals surface area contributed by atoms with Gasteiger partial charge < -0.3 is 9.13 Å². The van der Waals surface area contributed by atoms with E-state index in [0.717, 1.165) is 12.8 Å². The summed E-state index contributed by atoms with van der Waals surface area (Å²) in [5, 5.41) is 7.63. The van der Waals surface area contributed by atoms with Crippen molar-refractivity contribution in [1.29, 1.82) is 0 Å². The smallest absolute Gasteiger partial charge is 0.0541 e. The van der Waals surface area contributed by atoms with Crippen molar-refractivity contribution in [2.24, 2.45) is 0 Å². The first-order valence-electron chi connectivity index (χ1n) is 18.9. The second-order valence-electron chi connectivity index (χ2n) is 14.4. The summed E-state index contributed by atoms with van der Waals surface area (Å²) in [4.78, 5) is 0. The number of hydrogen-bond acceptors (Lipinski definition) is 0. The highest BCUT2D eigenvalue weighted by Gasteiger charge is 2.17. The average molecular weight is 689 g/mol. The molecule has 0 N–H and O–H groups in total. The van der Waals surface area contributed by atoms with E-state index in [1.54, 1.807) is 0 Å². The van der Waals surface area contributed by atoms with Crippen molar-refractivity contribution in [2.45, 2.75) is 12.8 Å². The highest BCUT2D eigenvalue weighted by atomic mass is 15.0. The summed E-state index contributed by atoms with van der Waals surface area (Å²) < 4.78 is 4.80. The average Bonchev–Trinajstić information content (AvgIpc) is 3.76. The molecule has 0 radical (unpaired) electrons. The molecule has 10 aromatic rings. The van der Waals surface area contributed by atoms with Crippen molar-refractivity contribution in [3.05, 3.63) is 194 Å².